The van der Waals surface area contributed by atoms with Crippen molar-refractivity contribution in [1.82, 2.24) is 20.1 Å². The maximum atomic E-state index is 12.6. The van der Waals surface area contributed by atoms with Crippen LogP contribution in [0.25, 0.3) is 0 Å². The average Bonchev–Trinajstić information content (AvgIpc) is 2.74. The summed E-state index contributed by atoms with van der Waals surface area (Å²) in [4.78, 5) is 29.2. The minimum absolute atomic E-state index is 0.106. The first-order valence-electron chi connectivity index (χ1n) is 9.56. The van der Waals surface area contributed by atoms with Crippen LogP contribution in [0.2, 0.25) is 0 Å². The fourth-order valence-corrected chi connectivity index (χ4v) is 3.24. The van der Waals surface area contributed by atoms with E-state index in [1.54, 1.807) is 6.20 Å². The summed E-state index contributed by atoms with van der Waals surface area (Å²) >= 11 is 0. The molecule has 1 aliphatic rings. The molecule has 7 heteroatoms. The van der Waals surface area contributed by atoms with E-state index in [0.29, 0.717) is 11.3 Å². The van der Waals surface area contributed by atoms with Gasteiger partial charge < -0.3 is 10.1 Å². The lowest BCUT2D eigenvalue weighted by Gasteiger charge is -2.17. The Bertz CT molecular complexity index is 1090. The number of carbonyl (C=O) groups is 1. The maximum absolute atomic E-state index is 12.6. The van der Waals surface area contributed by atoms with Gasteiger partial charge in [0.15, 0.2) is 5.78 Å². The highest BCUT2D eigenvalue weighted by atomic mass is 16.5. The van der Waals surface area contributed by atoms with Crippen LogP contribution in [0, 0.1) is 6.92 Å². The Morgan fingerprint density at radius 3 is 2.86 bits per heavy atom. The highest BCUT2D eigenvalue weighted by Crippen LogP contribution is 2.16. The van der Waals surface area contributed by atoms with Crippen molar-refractivity contribution in [2.24, 2.45) is 0 Å². The van der Waals surface area contributed by atoms with Gasteiger partial charge in [0.2, 0.25) is 0 Å². The van der Waals surface area contributed by atoms with E-state index in [0.717, 1.165) is 41.0 Å². The van der Waals surface area contributed by atoms with Crippen molar-refractivity contribution in [3.05, 3.63) is 87.1 Å². The smallest absolute Gasteiger partial charge is 0.270 e. The second-order valence-corrected chi connectivity index (χ2v) is 7.14. The van der Waals surface area contributed by atoms with Gasteiger partial charge in [-0.25, -0.2) is 4.68 Å². The lowest BCUT2D eigenvalue weighted by molar-refractivity contribution is 0.0965. The van der Waals surface area contributed by atoms with Crippen molar-refractivity contribution >= 4 is 5.78 Å². The number of ketones is 1. The molecule has 148 valence electrons. The standard InChI is InChI=1S/C22H22N4O3/c1-15-2-5-19(24-10-15)14-29-20-9-22(28)26(25-12-20)13-21(27)17-4-3-16-6-7-23-11-18(16)8-17/h2-5,8-10,12,23H,6-7,11,13-14H2,1H3. The van der Waals surface area contributed by atoms with Crippen LogP contribution in [0.3, 0.4) is 0 Å². The first-order chi connectivity index (χ1) is 14.1. The number of Topliss-reactive ketones (excluding diaryl/α,β-unsaturated/α-hetero) is 1. The number of ether oxygens (including phenoxy) is 1. The molecule has 0 spiro atoms. The number of hydrogen-bond acceptors (Lipinski definition) is 6. The van der Waals surface area contributed by atoms with Gasteiger partial charge >= 0.3 is 0 Å². The number of fused-ring (bicyclic) bond motifs is 1. The largest absolute Gasteiger partial charge is 0.485 e. The van der Waals surface area contributed by atoms with Crippen LogP contribution < -0.4 is 15.6 Å². The Morgan fingerprint density at radius 2 is 2.07 bits per heavy atom. The van der Waals surface area contributed by atoms with Crippen LogP contribution in [0.15, 0.2) is 53.6 Å². The van der Waals surface area contributed by atoms with Gasteiger partial charge in [-0.1, -0.05) is 18.2 Å². The first-order valence-corrected chi connectivity index (χ1v) is 9.56. The van der Waals surface area contributed by atoms with Crippen LogP contribution in [-0.2, 0) is 26.1 Å². The summed E-state index contributed by atoms with van der Waals surface area (Å²) in [6.07, 6.45) is 4.17. The van der Waals surface area contributed by atoms with Gasteiger partial charge in [-0.05, 0) is 48.7 Å². The Morgan fingerprint density at radius 1 is 1.17 bits per heavy atom. The summed E-state index contributed by atoms with van der Waals surface area (Å²) in [6, 6.07) is 10.9. The quantitative estimate of drug-likeness (QED) is 0.649. The van der Waals surface area contributed by atoms with Gasteiger partial charge in [-0.3, -0.25) is 14.6 Å². The van der Waals surface area contributed by atoms with Gasteiger partial charge in [0.25, 0.3) is 5.56 Å². The summed E-state index contributed by atoms with van der Waals surface area (Å²) < 4.78 is 6.74. The van der Waals surface area contributed by atoms with Crippen molar-refractivity contribution in [3.8, 4) is 5.75 Å². The van der Waals surface area contributed by atoms with Crippen LogP contribution in [0.5, 0.6) is 5.75 Å². The van der Waals surface area contributed by atoms with Gasteiger partial charge in [0.1, 0.15) is 18.9 Å². The molecule has 0 fully saturated rings. The molecule has 0 atom stereocenters. The van der Waals surface area contributed by atoms with E-state index in [4.69, 9.17) is 4.74 Å². The molecule has 0 bridgehead atoms. The molecule has 1 aromatic carbocycles. The van der Waals surface area contributed by atoms with Crippen LogP contribution in [-0.4, -0.2) is 27.1 Å². The van der Waals surface area contributed by atoms with Crippen LogP contribution in [0.4, 0.5) is 0 Å². The Hall–Kier alpha value is -3.32. The Balaban J connectivity index is 1.42. The van der Waals surface area contributed by atoms with Crippen LogP contribution >= 0.6 is 0 Å². The third-order valence-electron chi connectivity index (χ3n) is 4.91. The average molecular weight is 390 g/mol. The monoisotopic (exact) mass is 390 g/mol. The lowest BCUT2D eigenvalue weighted by Crippen LogP contribution is -2.27. The van der Waals surface area contributed by atoms with E-state index in [1.165, 1.54) is 17.8 Å². The molecular formula is C22H22N4O3. The number of carbonyl (C=O) groups excluding carboxylic acids is 1. The zero-order chi connectivity index (χ0) is 20.2. The molecule has 3 heterocycles. The van der Waals surface area contributed by atoms with Gasteiger partial charge in [-0.15, -0.1) is 0 Å². The van der Waals surface area contributed by atoms with Crippen molar-refractivity contribution in [3.63, 3.8) is 0 Å². The van der Waals surface area contributed by atoms with Crippen molar-refractivity contribution in [2.45, 2.75) is 33.0 Å². The van der Waals surface area contributed by atoms with E-state index in [2.05, 4.69) is 15.4 Å². The van der Waals surface area contributed by atoms with Gasteiger partial charge in [-0.2, -0.15) is 5.10 Å². The molecule has 4 rings (SSSR count). The number of hydrogen-bond donors (Lipinski definition) is 1. The van der Waals surface area contributed by atoms with Gasteiger partial charge in [0, 0.05) is 24.4 Å². The first kappa shape index (κ1) is 19.0. The normalized spacial score (nSPS) is 13.0. The minimum atomic E-state index is -0.382. The molecule has 0 saturated carbocycles. The molecule has 1 aliphatic heterocycles. The molecule has 0 aliphatic carbocycles. The molecule has 7 nitrogen and oxygen atoms in total. The molecular weight excluding hydrogens is 368 g/mol. The number of nitrogens with one attached hydrogen (secondary N) is 1. The second-order valence-electron chi connectivity index (χ2n) is 7.14. The zero-order valence-corrected chi connectivity index (χ0v) is 16.2. The molecule has 29 heavy (non-hydrogen) atoms. The fourth-order valence-electron chi connectivity index (χ4n) is 3.24. The number of pyridine rings is 1. The Labute approximate surface area is 168 Å². The van der Waals surface area contributed by atoms with E-state index in [-0.39, 0.29) is 24.5 Å². The zero-order valence-electron chi connectivity index (χ0n) is 16.2. The lowest BCUT2D eigenvalue weighted by atomic mass is 9.97. The van der Waals surface area contributed by atoms with Gasteiger partial charge in [0.05, 0.1) is 11.9 Å². The topological polar surface area (TPSA) is 86.1 Å². The molecule has 0 radical (unpaired) electrons. The highest BCUT2D eigenvalue weighted by Gasteiger charge is 2.14. The van der Waals surface area contributed by atoms with Crippen molar-refractivity contribution in [1.29, 1.82) is 0 Å². The summed E-state index contributed by atoms with van der Waals surface area (Å²) in [7, 11) is 0. The van der Waals surface area contributed by atoms with Crippen LogP contribution in [0.1, 0.15) is 32.7 Å². The summed E-state index contributed by atoms with van der Waals surface area (Å²) in [6.45, 7) is 3.81. The minimum Gasteiger partial charge on any atom is -0.485 e. The molecule has 0 amide bonds. The summed E-state index contributed by atoms with van der Waals surface area (Å²) in [5, 5.41) is 7.38. The maximum Gasteiger partial charge on any atom is 0.270 e. The van der Waals surface area contributed by atoms with E-state index in [9.17, 15) is 9.59 Å². The highest BCUT2D eigenvalue weighted by molar-refractivity contribution is 5.96. The second kappa shape index (κ2) is 8.36. The predicted octanol–water partition coefficient (Wildman–Crippen LogP) is 2.05. The number of aryl methyl sites for hydroxylation is 1. The van der Waals surface area contributed by atoms with Crippen molar-refractivity contribution < 1.29 is 9.53 Å². The Kier molecular flexibility index (Phi) is 5.48. The van der Waals surface area contributed by atoms with E-state index in [1.807, 2.05) is 37.3 Å². The molecule has 0 saturated heterocycles. The third-order valence-corrected chi connectivity index (χ3v) is 4.91. The predicted molar refractivity (Wildman–Crippen MR) is 108 cm³/mol. The number of nitrogens with zero attached hydrogens (tertiary/aromatic N) is 3. The number of benzene rings is 1. The van der Waals surface area contributed by atoms with Crippen molar-refractivity contribution in [2.75, 3.05) is 6.54 Å². The molecule has 0 unspecified atom stereocenters. The van der Waals surface area contributed by atoms with E-state index < -0.39 is 0 Å². The fraction of sp³-hybridized carbons (Fsp3) is 0.273. The SMILES string of the molecule is Cc1ccc(COc2cnn(CC(=O)c3ccc4c(c3)CNCC4)c(=O)c2)nc1. The third kappa shape index (κ3) is 4.57. The number of aromatic nitrogens is 3. The molecule has 3 aromatic rings. The molecule has 2 aromatic heterocycles. The summed E-state index contributed by atoms with van der Waals surface area (Å²) in [5.74, 6) is 0.200. The summed E-state index contributed by atoms with van der Waals surface area (Å²) in [5.41, 5.74) is 4.44. The van der Waals surface area contributed by atoms with E-state index >= 15 is 0 Å². The molecule has 1 N–H and O–H groups in total. The number of rotatable bonds is 6.